The van der Waals surface area contributed by atoms with Gasteiger partial charge in [-0.25, -0.2) is 0 Å². The molecular weight excluding hydrogens is 220 g/mol. The lowest BCUT2D eigenvalue weighted by Gasteiger charge is -2.09. The first-order valence-corrected chi connectivity index (χ1v) is 5.02. The van der Waals surface area contributed by atoms with Gasteiger partial charge >= 0.3 is 0 Å². The van der Waals surface area contributed by atoms with Gasteiger partial charge in [-0.2, -0.15) is 0 Å². The van der Waals surface area contributed by atoms with Crippen LogP contribution in [0.3, 0.4) is 0 Å². The lowest BCUT2D eigenvalue weighted by Crippen LogP contribution is -2.14. The van der Waals surface area contributed by atoms with E-state index in [1.165, 1.54) is 0 Å². The molecule has 5 heteroatoms. The van der Waals surface area contributed by atoms with Crippen molar-refractivity contribution < 1.29 is 13.9 Å². The number of hydrogen-bond acceptors (Lipinski definition) is 4. The number of ether oxygens (including phenoxy) is 1. The van der Waals surface area contributed by atoms with Crippen molar-refractivity contribution in [3.05, 3.63) is 47.9 Å². The number of nitrogen functional groups attached to an aromatic ring is 1. The van der Waals surface area contributed by atoms with Gasteiger partial charge in [0.25, 0.3) is 5.91 Å². The predicted octanol–water partition coefficient (Wildman–Crippen LogP) is 1.54. The third kappa shape index (κ3) is 2.39. The largest absolute Gasteiger partial charge is 0.483 e. The number of carbonyl (C=O) groups excluding carboxylic acids is 1. The number of primary amides is 1. The molecule has 0 aliphatic heterocycles. The Morgan fingerprint density at radius 3 is 2.76 bits per heavy atom. The van der Waals surface area contributed by atoms with E-state index in [1.54, 1.807) is 36.6 Å². The number of nitrogens with two attached hydrogens (primary N) is 2. The molecule has 0 aliphatic carbocycles. The Hall–Kier alpha value is -2.43. The van der Waals surface area contributed by atoms with Crippen molar-refractivity contribution in [3.8, 4) is 5.75 Å². The van der Waals surface area contributed by atoms with E-state index in [0.29, 0.717) is 11.5 Å². The third-order valence-electron chi connectivity index (χ3n) is 2.28. The maximum atomic E-state index is 11.1. The fraction of sp³-hybridized carbons (Fsp3) is 0.0833. The van der Waals surface area contributed by atoms with Gasteiger partial charge in [-0.15, -0.1) is 0 Å². The molecule has 0 atom stereocenters. The lowest BCUT2D eigenvalue weighted by atomic mass is 10.1. The zero-order valence-corrected chi connectivity index (χ0v) is 9.05. The minimum Gasteiger partial charge on any atom is -0.483 e. The van der Waals surface area contributed by atoms with Gasteiger partial charge < -0.3 is 20.6 Å². The molecule has 4 N–H and O–H groups in total. The molecule has 0 fully saturated rings. The van der Waals surface area contributed by atoms with Gasteiger partial charge in [-0.05, 0) is 24.3 Å². The topological polar surface area (TPSA) is 91.5 Å². The van der Waals surface area contributed by atoms with Crippen molar-refractivity contribution in [1.29, 1.82) is 0 Å². The summed E-state index contributed by atoms with van der Waals surface area (Å²) in [6, 6.07) is 8.44. The summed E-state index contributed by atoms with van der Waals surface area (Å²) in [7, 11) is 0. The van der Waals surface area contributed by atoms with E-state index < -0.39 is 5.91 Å². The molecule has 1 aromatic heterocycles. The number of amides is 1. The van der Waals surface area contributed by atoms with Crippen molar-refractivity contribution >= 4 is 11.6 Å². The first-order chi connectivity index (χ1) is 8.18. The fourth-order valence-corrected chi connectivity index (χ4v) is 1.43. The minimum atomic E-state index is -0.578. The van der Waals surface area contributed by atoms with E-state index in [-0.39, 0.29) is 17.9 Å². The molecule has 0 saturated heterocycles. The minimum absolute atomic E-state index is 0.242. The SMILES string of the molecule is NC(=O)c1cccc(OCc2ccco2)c1N. The highest BCUT2D eigenvalue weighted by atomic mass is 16.5. The molecule has 0 unspecified atom stereocenters. The van der Waals surface area contributed by atoms with Crippen LogP contribution in [-0.4, -0.2) is 5.91 Å². The van der Waals surface area contributed by atoms with Crippen molar-refractivity contribution in [2.75, 3.05) is 5.73 Å². The third-order valence-corrected chi connectivity index (χ3v) is 2.28. The van der Waals surface area contributed by atoms with Crippen LogP contribution in [0.2, 0.25) is 0 Å². The second kappa shape index (κ2) is 4.61. The zero-order chi connectivity index (χ0) is 12.3. The molecule has 1 amide bonds. The number of anilines is 1. The zero-order valence-electron chi connectivity index (χ0n) is 9.05. The van der Waals surface area contributed by atoms with Gasteiger partial charge in [0.15, 0.2) is 0 Å². The number of carbonyl (C=O) groups is 1. The first-order valence-electron chi connectivity index (χ1n) is 5.02. The van der Waals surface area contributed by atoms with Gasteiger partial charge in [0.05, 0.1) is 17.5 Å². The number of para-hydroxylation sites is 1. The Balaban J connectivity index is 2.16. The number of benzene rings is 1. The molecule has 88 valence electrons. The van der Waals surface area contributed by atoms with Gasteiger partial charge in [0.2, 0.25) is 0 Å². The van der Waals surface area contributed by atoms with Crippen LogP contribution in [0.5, 0.6) is 5.75 Å². The van der Waals surface area contributed by atoms with E-state index in [1.807, 2.05) is 0 Å². The summed E-state index contributed by atoms with van der Waals surface area (Å²) in [5.74, 6) is 0.512. The molecule has 0 spiro atoms. The van der Waals surface area contributed by atoms with Crippen LogP contribution in [0.25, 0.3) is 0 Å². The summed E-state index contributed by atoms with van der Waals surface area (Å²) < 4.78 is 10.6. The van der Waals surface area contributed by atoms with Gasteiger partial charge in [-0.3, -0.25) is 4.79 Å². The highest BCUT2D eigenvalue weighted by Gasteiger charge is 2.10. The van der Waals surface area contributed by atoms with Crippen LogP contribution in [0.15, 0.2) is 41.0 Å². The normalized spacial score (nSPS) is 10.1. The Bertz CT molecular complexity index is 521. The van der Waals surface area contributed by atoms with Crippen LogP contribution >= 0.6 is 0 Å². The molecule has 1 heterocycles. The summed E-state index contributed by atoms with van der Waals surface area (Å²) in [6.07, 6.45) is 1.56. The number of furan rings is 1. The average molecular weight is 232 g/mol. The molecule has 0 aliphatic rings. The summed E-state index contributed by atoms with van der Waals surface area (Å²) in [6.45, 7) is 0.249. The Labute approximate surface area is 98.0 Å². The van der Waals surface area contributed by atoms with Crippen LogP contribution in [0, 0.1) is 0 Å². The number of hydrogen-bond donors (Lipinski definition) is 2. The Kier molecular flexibility index (Phi) is 3.00. The maximum Gasteiger partial charge on any atom is 0.250 e. The molecule has 0 radical (unpaired) electrons. The monoisotopic (exact) mass is 232 g/mol. The molecule has 5 nitrogen and oxygen atoms in total. The molecule has 0 saturated carbocycles. The molecule has 2 aromatic rings. The van der Waals surface area contributed by atoms with Gasteiger partial charge in [-0.1, -0.05) is 6.07 Å². The van der Waals surface area contributed by atoms with Crippen LogP contribution in [-0.2, 0) is 6.61 Å². The summed E-state index contributed by atoms with van der Waals surface area (Å²) in [5.41, 5.74) is 11.4. The smallest absolute Gasteiger partial charge is 0.250 e. The summed E-state index contributed by atoms with van der Waals surface area (Å²) in [5, 5.41) is 0. The van der Waals surface area contributed by atoms with Crippen LogP contribution in [0.4, 0.5) is 5.69 Å². The molecular formula is C12H12N2O3. The van der Waals surface area contributed by atoms with E-state index in [2.05, 4.69) is 0 Å². The van der Waals surface area contributed by atoms with Gasteiger partial charge in [0.1, 0.15) is 18.1 Å². The van der Waals surface area contributed by atoms with Gasteiger partial charge in [0, 0.05) is 0 Å². The van der Waals surface area contributed by atoms with Crippen molar-refractivity contribution in [2.24, 2.45) is 5.73 Å². The van der Waals surface area contributed by atoms with Crippen molar-refractivity contribution in [3.63, 3.8) is 0 Å². The molecule has 17 heavy (non-hydrogen) atoms. The number of rotatable bonds is 4. The maximum absolute atomic E-state index is 11.1. The summed E-state index contributed by atoms with van der Waals surface area (Å²) >= 11 is 0. The van der Waals surface area contributed by atoms with Crippen LogP contribution < -0.4 is 16.2 Å². The molecule has 0 bridgehead atoms. The second-order valence-electron chi connectivity index (χ2n) is 3.45. The average Bonchev–Trinajstić information content (AvgIpc) is 2.80. The quantitative estimate of drug-likeness (QED) is 0.782. The van der Waals surface area contributed by atoms with E-state index >= 15 is 0 Å². The van der Waals surface area contributed by atoms with E-state index in [0.717, 1.165) is 0 Å². The molecule has 2 rings (SSSR count). The lowest BCUT2D eigenvalue weighted by molar-refractivity contribution is 0.100. The Morgan fingerprint density at radius 1 is 1.29 bits per heavy atom. The molecule has 1 aromatic carbocycles. The standard InChI is InChI=1S/C12H12N2O3/c13-11-9(12(14)15)4-1-5-10(11)17-7-8-3-2-6-16-8/h1-6H,7,13H2,(H2,14,15). The Morgan fingerprint density at radius 2 is 2.12 bits per heavy atom. The predicted molar refractivity (Wildman–Crippen MR) is 62.4 cm³/mol. The highest BCUT2D eigenvalue weighted by molar-refractivity contribution is 5.99. The second-order valence-corrected chi connectivity index (χ2v) is 3.45. The first kappa shape index (κ1) is 11.1. The highest BCUT2D eigenvalue weighted by Crippen LogP contribution is 2.25. The van der Waals surface area contributed by atoms with Crippen molar-refractivity contribution in [2.45, 2.75) is 6.61 Å². The fourth-order valence-electron chi connectivity index (χ4n) is 1.43. The van der Waals surface area contributed by atoms with Crippen molar-refractivity contribution in [1.82, 2.24) is 0 Å². The van der Waals surface area contributed by atoms with Crippen LogP contribution in [0.1, 0.15) is 16.1 Å². The summed E-state index contributed by atoms with van der Waals surface area (Å²) in [4.78, 5) is 11.1. The van der Waals surface area contributed by atoms with E-state index in [9.17, 15) is 4.79 Å². The van der Waals surface area contributed by atoms with E-state index in [4.69, 9.17) is 20.6 Å².